The third-order valence-electron chi connectivity index (χ3n) is 2.99. The van der Waals surface area contributed by atoms with Crippen LogP contribution in [0.4, 0.5) is 11.4 Å². The number of benzene rings is 2. The number of nitrogens with zero attached hydrogens (tertiary/aromatic N) is 2. The van der Waals surface area contributed by atoms with Gasteiger partial charge in [0.2, 0.25) is 0 Å². The van der Waals surface area contributed by atoms with Gasteiger partial charge in [-0.05, 0) is 35.9 Å². The Morgan fingerprint density at radius 1 is 1.20 bits per heavy atom. The fourth-order valence-electron chi connectivity index (χ4n) is 1.93. The molecule has 0 fully saturated rings. The molecule has 0 aliphatic heterocycles. The average molecular weight is 306 g/mol. The lowest BCUT2D eigenvalue weighted by Crippen LogP contribution is -2.18. The van der Waals surface area contributed by atoms with Crippen molar-refractivity contribution in [2.45, 2.75) is 6.54 Å². The summed E-state index contributed by atoms with van der Waals surface area (Å²) in [6, 6.07) is 12.7. The third kappa shape index (κ3) is 3.16. The van der Waals surface area contributed by atoms with Gasteiger partial charge < -0.3 is 10.6 Å². The van der Waals surface area contributed by atoms with Crippen LogP contribution in [0.15, 0.2) is 36.4 Å². The standard InChI is InChI=1S/C15H13Cl2N3/c1-20(15-7-12(16)4-5-14(15)19)9-11-3-2-10(8-18)6-13(11)17/h2-7H,9,19H2,1H3. The number of anilines is 2. The summed E-state index contributed by atoms with van der Waals surface area (Å²) in [5.41, 5.74) is 8.92. The van der Waals surface area contributed by atoms with E-state index in [9.17, 15) is 0 Å². The zero-order valence-electron chi connectivity index (χ0n) is 10.9. The van der Waals surface area contributed by atoms with Gasteiger partial charge >= 0.3 is 0 Å². The first-order chi connectivity index (χ1) is 9.51. The van der Waals surface area contributed by atoms with E-state index in [1.807, 2.05) is 24.1 Å². The summed E-state index contributed by atoms with van der Waals surface area (Å²) in [5, 5.41) is 10.0. The second-order valence-electron chi connectivity index (χ2n) is 4.48. The highest BCUT2D eigenvalue weighted by atomic mass is 35.5. The van der Waals surface area contributed by atoms with Crippen molar-refractivity contribution in [3.63, 3.8) is 0 Å². The fraction of sp³-hybridized carbons (Fsp3) is 0.133. The van der Waals surface area contributed by atoms with Gasteiger partial charge in [-0.2, -0.15) is 5.26 Å². The first-order valence-electron chi connectivity index (χ1n) is 5.96. The summed E-state index contributed by atoms with van der Waals surface area (Å²) in [6.45, 7) is 0.578. The molecule has 5 heteroatoms. The molecule has 2 N–H and O–H groups in total. The minimum Gasteiger partial charge on any atom is -0.397 e. The molecular formula is C15H13Cl2N3. The normalized spacial score (nSPS) is 10.1. The van der Waals surface area contributed by atoms with Crippen molar-refractivity contribution in [1.82, 2.24) is 0 Å². The zero-order valence-corrected chi connectivity index (χ0v) is 12.4. The molecule has 0 amide bonds. The van der Waals surface area contributed by atoms with Crippen molar-refractivity contribution < 1.29 is 0 Å². The summed E-state index contributed by atoms with van der Waals surface area (Å²) < 4.78 is 0. The molecule has 3 nitrogen and oxygen atoms in total. The Hall–Kier alpha value is -1.89. The number of hydrogen-bond donors (Lipinski definition) is 1. The third-order valence-corrected chi connectivity index (χ3v) is 3.58. The molecule has 0 aliphatic rings. The molecule has 0 radical (unpaired) electrons. The molecule has 2 aromatic carbocycles. The minimum absolute atomic E-state index is 0.545. The molecule has 0 atom stereocenters. The summed E-state index contributed by atoms with van der Waals surface area (Å²) in [5.74, 6) is 0. The largest absolute Gasteiger partial charge is 0.397 e. The predicted molar refractivity (Wildman–Crippen MR) is 84.1 cm³/mol. The second kappa shape index (κ2) is 6.04. The molecule has 0 heterocycles. The van der Waals surface area contributed by atoms with E-state index in [2.05, 4.69) is 6.07 Å². The van der Waals surface area contributed by atoms with Gasteiger partial charge in [0.25, 0.3) is 0 Å². The van der Waals surface area contributed by atoms with Crippen molar-refractivity contribution in [3.05, 3.63) is 57.6 Å². The van der Waals surface area contributed by atoms with Crippen LogP contribution < -0.4 is 10.6 Å². The first kappa shape index (κ1) is 14.5. The lowest BCUT2D eigenvalue weighted by molar-refractivity contribution is 0.925. The van der Waals surface area contributed by atoms with Crippen molar-refractivity contribution in [3.8, 4) is 6.07 Å². The van der Waals surface area contributed by atoms with Crippen LogP contribution in [0.5, 0.6) is 0 Å². The van der Waals surface area contributed by atoms with Gasteiger partial charge in [-0.15, -0.1) is 0 Å². The Labute approximate surface area is 128 Å². The lowest BCUT2D eigenvalue weighted by atomic mass is 10.1. The molecule has 0 bridgehead atoms. The summed E-state index contributed by atoms with van der Waals surface area (Å²) in [6.07, 6.45) is 0. The first-order valence-corrected chi connectivity index (χ1v) is 6.71. The Bertz CT molecular complexity index is 677. The van der Waals surface area contributed by atoms with Crippen LogP contribution in [-0.4, -0.2) is 7.05 Å². The van der Waals surface area contributed by atoms with Crippen molar-refractivity contribution in [2.24, 2.45) is 0 Å². The van der Waals surface area contributed by atoms with E-state index in [1.54, 1.807) is 24.3 Å². The highest BCUT2D eigenvalue weighted by Crippen LogP contribution is 2.28. The number of halogens is 2. The van der Waals surface area contributed by atoms with Crippen LogP contribution in [0.2, 0.25) is 10.0 Å². The van der Waals surface area contributed by atoms with Crippen molar-refractivity contribution >= 4 is 34.6 Å². The van der Waals surface area contributed by atoms with Gasteiger partial charge in [0, 0.05) is 23.6 Å². The molecule has 0 unspecified atom stereocenters. The molecule has 2 aromatic rings. The summed E-state index contributed by atoms with van der Waals surface area (Å²) in [4.78, 5) is 1.97. The number of rotatable bonds is 3. The molecule has 0 aromatic heterocycles. The van der Waals surface area contributed by atoms with E-state index in [0.717, 1.165) is 11.3 Å². The van der Waals surface area contributed by atoms with E-state index in [0.29, 0.717) is 27.8 Å². The van der Waals surface area contributed by atoms with E-state index >= 15 is 0 Å². The van der Waals surface area contributed by atoms with Gasteiger partial charge in [0.05, 0.1) is 23.0 Å². The SMILES string of the molecule is CN(Cc1ccc(C#N)cc1Cl)c1cc(Cl)ccc1N. The van der Waals surface area contributed by atoms with Crippen LogP contribution in [0.1, 0.15) is 11.1 Å². The maximum absolute atomic E-state index is 8.83. The number of hydrogen-bond acceptors (Lipinski definition) is 3. The highest BCUT2D eigenvalue weighted by Gasteiger charge is 2.09. The molecule has 102 valence electrons. The number of nitrogen functional groups attached to an aromatic ring is 1. The predicted octanol–water partition coefficient (Wildman–Crippen LogP) is 4.08. The van der Waals surface area contributed by atoms with Crippen LogP contribution in [0.3, 0.4) is 0 Å². The summed E-state index contributed by atoms with van der Waals surface area (Å²) in [7, 11) is 1.91. The smallest absolute Gasteiger partial charge is 0.0992 e. The maximum Gasteiger partial charge on any atom is 0.0992 e. The van der Waals surface area contributed by atoms with Crippen LogP contribution in [0, 0.1) is 11.3 Å². The Kier molecular flexibility index (Phi) is 4.39. The molecule has 2 rings (SSSR count). The molecule has 20 heavy (non-hydrogen) atoms. The van der Waals surface area contributed by atoms with Crippen LogP contribution >= 0.6 is 23.2 Å². The zero-order chi connectivity index (χ0) is 14.7. The Balaban J connectivity index is 2.26. The van der Waals surface area contributed by atoms with E-state index in [1.165, 1.54) is 0 Å². The lowest BCUT2D eigenvalue weighted by Gasteiger charge is -2.22. The van der Waals surface area contributed by atoms with Crippen molar-refractivity contribution in [1.29, 1.82) is 5.26 Å². The van der Waals surface area contributed by atoms with Crippen LogP contribution in [-0.2, 0) is 6.54 Å². The molecule has 0 saturated carbocycles. The number of nitrogens with two attached hydrogens (primary N) is 1. The van der Waals surface area contributed by atoms with E-state index < -0.39 is 0 Å². The van der Waals surface area contributed by atoms with Crippen LogP contribution in [0.25, 0.3) is 0 Å². The maximum atomic E-state index is 8.83. The second-order valence-corrected chi connectivity index (χ2v) is 5.32. The number of nitriles is 1. The van der Waals surface area contributed by atoms with Gasteiger partial charge in [-0.1, -0.05) is 29.3 Å². The average Bonchev–Trinajstić information content (AvgIpc) is 2.43. The molecular weight excluding hydrogens is 293 g/mol. The minimum atomic E-state index is 0.545. The topological polar surface area (TPSA) is 53.0 Å². The quantitative estimate of drug-likeness (QED) is 0.869. The summed E-state index contributed by atoms with van der Waals surface area (Å²) >= 11 is 12.2. The van der Waals surface area contributed by atoms with E-state index in [4.69, 9.17) is 34.2 Å². The molecule has 0 aliphatic carbocycles. The van der Waals surface area contributed by atoms with Gasteiger partial charge in [0.15, 0.2) is 0 Å². The fourth-order valence-corrected chi connectivity index (χ4v) is 2.34. The Morgan fingerprint density at radius 2 is 1.95 bits per heavy atom. The monoisotopic (exact) mass is 305 g/mol. The highest BCUT2D eigenvalue weighted by molar-refractivity contribution is 6.31. The van der Waals surface area contributed by atoms with Gasteiger partial charge in [-0.25, -0.2) is 0 Å². The van der Waals surface area contributed by atoms with Crippen molar-refractivity contribution in [2.75, 3.05) is 17.7 Å². The molecule has 0 spiro atoms. The van der Waals surface area contributed by atoms with Gasteiger partial charge in [-0.3, -0.25) is 0 Å². The Morgan fingerprint density at radius 3 is 2.60 bits per heavy atom. The van der Waals surface area contributed by atoms with Gasteiger partial charge in [0.1, 0.15) is 0 Å². The molecule has 0 saturated heterocycles. The van der Waals surface area contributed by atoms with E-state index in [-0.39, 0.29) is 0 Å².